The van der Waals surface area contributed by atoms with Crippen molar-refractivity contribution in [3.63, 3.8) is 0 Å². The van der Waals surface area contributed by atoms with Gasteiger partial charge in [-0.2, -0.15) is 0 Å². The highest BCUT2D eigenvalue weighted by Crippen LogP contribution is 2.62. The summed E-state index contributed by atoms with van der Waals surface area (Å²) < 4.78 is 25.5. The third kappa shape index (κ3) is 4.00. The van der Waals surface area contributed by atoms with Gasteiger partial charge in [0.25, 0.3) is 0 Å². The van der Waals surface area contributed by atoms with Gasteiger partial charge in [-0.1, -0.05) is 145 Å². The minimum absolute atomic E-state index is 0.730. The minimum atomic E-state index is -3.37. The Morgan fingerprint density at radius 2 is 1.13 bits per heavy atom. The Balaban J connectivity index is 1.19. The van der Waals surface area contributed by atoms with Gasteiger partial charge in [-0.25, -0.2) is 0 Å². The first-order chi connectivity index (χ1) is 26.6. The summed E-state index contributed by atoms with van der Waals surface area (Å²) in [5.41, 5.74) is 7.79. The first-order valence-corrected chi connectivity index (χ1v) is 21.5. The van der Waals surface area contributed by atoms with Gasteiger partial charge < -0.3 is 8.98 Å². The third-order valence-electron chi connectivity index (χ3n) is 11.6. The zero-order chi connectivity index (χ0) is 35.6. The summed E-state index contributed by atoms with van der Waals surface area (Å²) in [6.45, 7) is 0. The van der Waals surface area contributed by atoms with Crippen LogP contribution >= 0.6 is 30.2 Å². The maximum Gasteiger partial charge on any atom is 0.171 e. The molecular weight excluding hydrogens is 716 g/mol. The molecule has 2 unspecified atom stereocenters. The second kappa shape index (κ2) is 11.2. The van der Waals surface area contributed by atoms with Gasteiger partial charge in [-0.3, -0.25) is 0 Å². The molecule has 0 saturated heterocycles. The number of hydrogen-bond acceptors (Lipinski definition) is 4. The van der Waals surface area contributed by atoms with Crippen LogP contribution in [0.5, 0.6) is 0 Å². The number of furan rings is 1. The Morgan fingerprint density at radius 1 is 0.444 bits per heavy atom. The van der Waals surface area contributed by atoms with E-state index >= 15 is 4.57 Å². The van der Waals surface area contributed by atoms with E-state index in [1.807, 2.05) is 71.6 Å². The van der Waals surface area contributed by atoms with Crippen molar-refractivity contribution in [2.24, 2.45) is 0 Å². The smallest absolute Gasteiger partial charge is 0.171 e. The van der Waals surface area contributed by atoms with Crippen LogP contribution < -0.4 is 15.9 Å². The lowest BCUT2D eigenvalue weighted by Gasteiger charge is -2.47. The molecule has 4 heterocycles. The summed E-state index contributed by atoms with van der Waals surface area (Å²) in [6, 6.07) is 62.6. The summed E-state index contributed by atoms with van der Waals surface area (Å²) in [4.78, 5) is 2.41. The van der Waals surface area contributed by atoms with Crippen molar-refractivity contribution in [1.29, 1.82) is 0 Å². The molecule has 2 aliphatic heterocycles. The lowest BCUT2D eigenvalue weighted by molar-refractivity contribution is 0.589. The molecule has 0 bridgehead atoms. The van der Waals surface area contributed by atoms with Crippen LogP contribution in [-0.4, -0.2) is 0 Å². The molecule has 10 aromatic rings. The van der Waals surface area contributed by atoms with Crippen molar-refractivity contribution in [3.8, 4) is 11.1 Å². The van der Waals surface area contributed by atoms with Crippen LogP contribution in [0.1, 0.15) is 22.3 Å². The van der Waals surface area contributed by atoms with Crippen LogP contribution in [0.25, 0.3) is 53.2 Å². The van der Waals surface area contributed by atoms with Gasteiger partial charge in [0.15, 0.2) is 7.14 Å². The van der Waals surface area contributed by atoms with E-state index in [4.69, 9.17) is 4.42 Å². The molecule has 12 rings (SSSR count). The summed E-state index contributed by atoms with van der Waals surface area (Å²) in [6.07, 6.45) is 0. The Hall–Kier alpha value is -5.64. The molecule has 8 aromatic carbocycles. The van der Waals surface area contributed by atoms with Gasteiger partial charge in [0.1, 0.15) is 11.2 Å². The topological polar surface area (TPSA) is 30.2 Å². The number of para-hydroxylation sites is 1. The van der Waals surface area contributed by atoms with E-state index < -0.39 is 12.6 Å². The molecule has 1 spiro atoms. The monoisotopic (exact) mass is 744 g/mol. The average Bonchev–Trinajstić information content (AvgIpc) is 3.79. The number of fused-ring (bicyclic) bond motifs is 14. The van der Waals surface area contributed by atoms with Crippen LogP contribution in [0.15, 0.2) is 190 Å². The maximum absolute atomic E-state index is 16.4. The average molecular weight is 745 g/mol. The van der Waals surface area contributed by atoms with Crippen molar-refractivity contribution in [1.82, 2.24) is 0 Å². The van der Waals surface area contributed by atoms with Gasteiger partial charge in [0.05, 0.1) is 5.41 Å². The lowest BCUT2D eigenvalue weighted by Crippen LogP contribution is -2.48. The van der Waals surface area contributed by atoms with Crippen molar-refractivity contribution in [2.45, 2.75) is 15.2 Å². The molecular formula is C49H29O2PS2. The van der Waals surface area contributed by atoms with Gasteiger partial charge in [0.2, 0.25) is 0 Å². The van der Waals surface area contributed by atoms with E-state index in [1.54, 1.807) is 0 Å². The molecule has 5 heteroatoms. The molecule has 0 amide bonds. The Morgan fingerprint density at radius 3 is 2.04 bits per heavy atom. The Bertz CT molecular complexity index is 3250. The van der Waals surface area contributed by atoms with Crippen molar-refractivity contribution in [3.05, 3.63) is 198 Å². The number of thiophene rings is 1. The second-order valence-electron chi connectivity index (χ2n) is 14.3. The van der Waals surface area contributed by atoms with E-state index in [-0.39, 0.29) is 0 Å². The SMILES string of the molecule is O=P1(c2ccccc2)c2ccccc2C2(c3ccccc3Sc3cc(-c4ccc5c(c4)sc4ccccc45)ccc32)c2cc3c(cc21)oc1ccccc13. The van der Waals surface area contributed by atoms with Crippen LogP contribution in [0.3, 0.4) is 0 Å². The van der Waals surface area contributed by atoms with E-state index in [1.165, 1.54) is 52.2 Å². The van der Waals surface area contributed by atoms with Crippen molar-refractivity contribution < 1.29 is 8.98 Å². The van der Waals surface area contributed by atoms with E-state index in [0.717, 1.165) is 49.0 Å². The predicted octanol–water partition coefficient (Wildman–Crippen LogP) is 12.4. The zero-order valence-electron chi connectivity index (χ0n) is 28.8. The van der Waals surface area contributed by atoms with Crippen molar-refractivity contribution in [2.75, 3.05) is 0 Å². The number of hydrogen-bond donors (Lipinski definition) is 0. The molecule has 2 aromatic heterocycles. The lowest BCUT2D eigenvalue weighted by atomic mass is 9.64. The first-order valence-electron chi connectivity index (χ1n) is 18.2. The number of benzene rings is 8. The third-order valence-corrected chi connectivity index (χ3v) is 17.0. The highest BCUT2D eigenvalue weighted by Gasteiger charge is 2.54. The van der Waals surface area contributed by atoms with Gasteiger partial charge in [-0.05, 0) is 75.8 Å². The van der Waals surface area contributed by atoms with Crippen LogP contribution in [0, 0.1) is 0 Å². The summed E-state index contributed by atoms with van der Waals surface area (Å²) >= 11 is 3.69. The Kier molecular flexibility index (Phi) is 6.38. The van der Waals surface area contributed by atoms with Crippen molar-refractivity contribution >= 4 is 88.3 Å². The van der Waals surface area contributed by atoms with Crippen LogP contribution in [0.4, 0.5) is 0 Å². The quantitative estimate of drug-likeness (QED) is 0.165. The molecule has 0 radical (unpaired) electrons. The van der Waals surface area contributed by atoms with E-state index in [9.17, 15) is 0 Å². The van der Waals surface area contributed by atoms with Gasteiger partial charge in [-0.15, -0.1) is 11.3 Å². The molecule has 0 N–H and O–H groups in total. The first kappa shape index (κ1) is 30.8. The zero-order valence-corrected chi connectivity index (χ0v) is 31.4. The summed E-state index contributed by atoms with van der Waals surface area (Å²) in [5, 5.41) is 7.26. The predicted molar refractivity (Wildman–Crippen MR) is 227 cm³/mol. The largest absolute Gasteiger partial charge is 0.456 e. The molecule has 54 heavy (non-hydrogen) atoms. The fraction of sp³-hybridized carbons (Fsp3) is 0.0204. The van der Waals surface area contributed by atoms with Crippen LogP contribution in [-0.2, 0) is 9.98 Å². The molecule has 254 valence electrons. The Labute approximate surface area is 320 Å². The highest BCUT2D eigenvalue weighted by molar-refractivity contribution is 7.99. The fourth-order valence-electron chi connectivity index (χ4n) is 9.29. The van der Waals surface area contributed by atoms with Crippen LogP contribution in [0.2, 0.25) is 0 Å². The summed E-state index contributed by atoms with van der Waals surface area (Å²) in [7, 11) is -3.37. The molecule has 0 saturated carbocycles. The molecule has 2 atom stereocenters. The second-order valence-corrected chi connectivity index (χ2v) is 19.2. The molecule has 0 aliphatic carbocycles. The molecule has 0 fully saturated rings. The highest BCUT2D eigenvalue weighted by atomic mass is 32.2. The van der Waals surface area contributed by atoms with E-state index in [0.29, 0.717) is 0 Å². The standard InChI is InChI=1S/C49H29O2PS2/c50-52(32-12-2-1-3-13-32)43-19-9-6-16-37(43)49(40-28-36-33-14-4-8-18-41(33)51-42(36)29-44(40)52)38-17-7-11-21-46(38)54-48-27-31(23-25-39(48)49)30-22-24-35-34-15-5-10-20-45(34)53-47(35)26-30/h1-29H. The molecule has 2 nitrogen and oxygen atoms in total. The minimum Gasteiger partial charge on any atom is -0.456 e. The van der Waals surface area contributed by atoms with Gasteiger partial charge >= 0.3 is 0 Å². The van der Waals surface area contributed by atoms with E-state index in [2.05, 4.69) is 127 Å². The fourth-order valence-corrected chi connectivity index (χ4v) is 14.8. The van der Waals surface area contributed by atoms with Gasteiger partial charge in [0, 0.05) is 56.6 Å². The normalized spacial score (nSPS) is 18.5. The summed E-state index contributed by atoms with van der Waals surface area (Å²) in [5.74, 6) is 0. The molecule has 2 aliphatic rings. The maximum atomic E-state index is 16.4. The number of rotatable bonds is 2.